The molecule has 0 aliphatic carbocycles. The SMILES string of the molecule is c1ccc(-c2cccc(-c3nc(-c4ccc5c6c(cccc46)-c4cccc(-n6c7ccccc7c7cc8ccccc8cc76)c4S5)nc4ccccc34)c2)cc1. The molecule has 0 unspecified atom stereocenters. The second-order valence-corrected chi connectivity index (χ2v) is 15.6. The van der Waals surface area contributed by atoms with Gasteiger partial charge in [0.2, 0.25) is 0 Å². The quantitative estimate of drug-likeness (QED) is 0.181. The molecule has 56 heavy (non-hydrogen) atoms. The van der Waals surface area contributed by atoms with Crippen molar-refractivity contribution in [3.05, 3.63) is 188 Å². The van der Waals surface area contributed by atoms with Gasteiger partial charge in [-0.1, -0.05) is 151 Å². The second kappa shape index (κ2) is 12.3. The zero-order chi connectivity index (χ0) is 36.7. The third kappa shape index (κ3) is 4.73. The highest BCUT2D eigenvalue weighted by Gasteiger charge is 2.26. The molecule has 0 fully saturated rings. The number of fused-ring (bicyclic) bond motifs is 7. The Hall–Kier alpha value is -7.01. The standard InChI is InChI=1S/C52H31N3S/c1-2-13-32(14-3-1)33-17-10-18-36(29-33)50-42-20-6-8-24-44(42)53-52(54-50)41-27-28-48-49-38(21-11-22-39(41)49)40-23-12-26-46(51(40)56-48)55-45-25-9-7-19-37(45)43-30-34-15-4-5-16-35(34)31-47(43)55/h1-31H. The summed E-state index contributed by atoms with van der Waals surface area (Å²) in [6.45, 7) is 0. The van der Waals surface area contributed by atoms with Gasteiger partial charge < -0.3 is 4.57 Å². The van der Waals surface area contributed by atoms with Crippen LogP contribution in [0, 0.1) is 0 Å². The maximum atomic E-state index is 5.38. The molecule has 3 nitrogen and oxygen atoms in total. The van der Waals surface area contributed by atoms with Gasteiger partial charge in [-0.15, -0.1) is 0 Å². The van der Waals surface area contributed by atoms with E-state index in [1.807, 2.05) is 11.8 Å². The molecule has 0 saturated heterocycles. The van der Waals surface area contributed by atoms with Crippen molar-refractivity contribution in [3.8, 4) is 50.6 Å². The minimum absolute atomic E-state index is 0.731. The Balaban J connectivity index is 1.05. The van der Waals surface area contributed by atoms with E-state index in [0.29, 0.717) is 0 Å². The van der Waals surface area contributed by atoms with Gasteiger partial charge in [0.15, 0.2) is 5.82 Å². The van der Waals surface area contributed by atoms with Crippen LogP contribution >= 0.6 is 11.8 Å². The first-order chi connectivity index (χ1) is 27.8. The Morgan fingerprint density at radius 2 is 1.11 bits per heavy atom. The Bertz CT molecular complexity index is 3400. The van der Waals surface area contributed by atoms with Crippen LogP contribution in [0.4, 0.5) is 0 Å². The monoisotopic (exact) mass is 729 g/mol. The summed E-state index contributed by atoms with van der Waals surface area (Å²) >= 11 is 1.86. The molecule has 0 N–H and O–H groups in total. The fraction of sp³-hybridized carbons (Fsp3) is 0. The molecule has 0 saturated carbocycles. The first-order valence-electron chi connectivity index (χ1n) is 19.0. The van der Waals surface area contributed by atoms with E-state index >= 15 is 0 Å². The third-order valence-corrected chi connectivity index (χ3v) is 12.6. The van der Waals surface area contributed by atoms with Gasteiger partial charge in [-0.05, 0) is 86.9 Å². The summed E-state index contributed by atoms with van der Waals surface area (Å²) in [7, 11) is 0. The van der Waals surface area contributed by atoms with Crippen molar-refractivity contribution in [1.29, 1.82) is 0 Å². The van der Waals surface area contributed by atoms with Crippen LogP contribution in [-0.4, -0.2) is 14.5 Å². The maximum absolute atomic E-state index is 5.38. The first-order valence-corrected chi connectivity index (χ1v) is 19.8. The Morgan fingerprint density at radius 1 is 0.411 bits per heavy atom. The molecule has 2 aromatic heterocycles. The van der Waals surface area contributed by atoms with Crippen LogP contribution in [-0.2, 0) is 0 Å². The van der Waals surface area contributed by atoms with Crippen LogP contribution in [0.1, 0.15) is 0 Å². The van der Waals surface area contributed by atoms with Crippen LogP contribution < -0.4 is 0 Å². The Morgan fingerprint density at radius 3 is 2.02 bits per heavy atom. The molecule has 12 rings (SSSR count). The summed E-state index contributed by atoms with van der Waals surface area (Å²) < 4.78 is 2.47. The van der Waals surface area contributed by atoms with E-state index < -0.39 is 0 Å². The van der Waals surface area contributed by atoms with Crippen LogP contribution in [0.15, 0.2) is 198 Å². The number of benzene rings is 9. The average molecular weight is 730 g/mol. The van der Waals surface area contributed by atoms with Gasteiger partial charge in [-0.3, -0.25) is 0 Å². The molecule has 9 aromatic carbocycles. The topological polar surface area (TPSA) is 30.7 Å². The number of hydrogen-bond acceptors (Lipinski definition) is 3. The number of nitrogens with zero attached hydrogens (tertiary/aromatic N) is 3. The number of rotatable bonds is 4. The van der Waals surface area contributed by atoms with Crippen molar-refractivity contribution in [2.45, 2.75) is 9.79 Å². The van der Waals surface area contributed by atoms with Gasteiger partial charge in [-0.2, -0.15) is 0 Å². The van der Waals surface area contributed by atoms with Crippen molar-refractivity contribution >= 4 is 66.0 Å². The molecule has 4 heteroatoms. The molecule has 0 bridgehead atoms. The third-order valence-electron chi connectivity index (χ3n) is 11.4. The van der Waals surface area contributed by atoms with Crippen molar-refractivity contribution in [3.63, 3.8) is 0 Å². The van der Waals surface area contributed by atoms with Gasteiger partial charge in [0.05, 0.1) is 27.9 Å². The summed E-state index contributed by atoms with van der Waals surface area (Å²) in [5.41, 5.74) is 12.4. The zero-order valence-electron chi connectivity index (χ0n) is 30.1. The maximum Gasteiger partial charge on any atom is 0.161 e. The van der Waals surface area contributed by atoms with E-state index in [-0.39, 0.29) is 0 Å². The Labute approximate surface area is 327 Å². The molecule has 1 aliphatic heterocycles. The van der Waals surface area contributed by atoms with Gasteiger partial charge in [0.25, 0.3) is 0 Å². The average Bonchev–Trinajstić information content (AvgIpc) is 3.58. The molecular weight excluding hydrogens is 699 g/mol. The molecule has 11 aromatic rings. The van der Waals surface area contributed by atoms with Crippen molar-refractivity contribution in [2.24, 2.45) is 0 Å². The molecule has 1 aliphatic rings. The zero-order valence-corrected chi connectivity index (χ0v) is 31.0. The molecule has 0 radical (unpaired) electrons. The highest BCUT2D eigenvalue weighted by Crippen LogP contribution is 2.52. The summed E-state index contributed by atoms with van der Waals surface area (Å²) in [6, 6.07) is 67.8. The van der Waals surface area contributed by atoms with E-state index in [9.17, 15) is 0 Å². The van der Waals surface area contributed by atoms with Crippen molar-refractivity contribution in [2.75, 3.05) is 0 Å². The predicted molar refractivity (Wildman–Crippen MR) is 235 cm³/mol. The highest BCUT2D eigenvalue weighted by molar-refractivity contribution is 8.00. The lowest BCUT2D eigenvalue weighted by molar-refractivity contribution is 1.13. The molecule has 260 valence electrons. The van der Waals surface area contributed by atoms with Crippen molar-refractivity contribution in [1.82, 2.24) is 14.5 Å². The predicted octanol–water partition coefficient (Wildman–Crippen LogP) is 14.2. The minimum Gasteiger partial charge on any atom is -0.308 e. The fourth-order valence-corrected chi connectivity index (χ4v) is 10.0. The number of para-hydroxylation sites is 2. The minimum atomic E-state index is 0.731. The van der Waals surface area contributed by atoms with E-state index in [4.69, 9.17) is 9.97 Å². The highest BCUT2D eigenvalue weighted by atomic mass is 32.2. The molecule has 0 amide bonds. The van der Waals surface area contributed by atoms with Crippen LogP contribution in [0.5, 0.6) is 0 Å². The van der Waals surface area contributed by atoms with Crippen LogP contribution in [0.2, 0.25) is 0 Å². The number of aromatic nitrogens is 3. The van der Waals surface area contributed by atoms with E-state index in [2.05, 4.69) is 193 Å². The molecular formula is C52H31N3S. The van der Waals surface area contributed by atoms with Gasteiger partial charge in [0, 0.05) is 42.5 Å². The first kappa shape index (κ1) is 31.4. The number of hydrogen-bond donors (Lipinski definition) is 0. The van der Waals surface area contributed by atoms with Gasteiger partial charge >= 0.3 is 0 Å². The summed E-state index contributed by atoms with van der Waals surface area (Å²) in [6.07, 6.45) is 0. The summed E-state index contributed by atoms with van der Waals surface area (Å²) in [5.74, 6) is 0.731. The smallest absolute Gasteiger partial charge is 0.161 e. The normalized spacial score (nSPS) is 12.2. The van der Waals surface area contributed by atoms with Crippen molar-refractivity contribution < 1.29 is 0 Å². The van der Waals surface area contributed by atoms with E-state index in [0.717, 1.165) is 38.9 Å². The largest absolute Gasteiger partial charge is 0.308 e. The summed E-state index contributed by atoms with van der Waals surface area (Å²) in [5, 5.41) is 8.48. The lowest BCUT2D eigenvalue weighted by atomic mass is 9.94. The van der Waals surface area contributed by atoms with Gasteiger partial charge in [0.1, 0.15) is 0 Å². The molecule has 3 heterocycles. The second-order valence-electron chi connectivity index (χ2n) is 14.5. The van der Waals surface area contributed by atoms with Crippen LogP contribution in [0.25, 0.3) is 105 Å². The van der Waals surface area contributed by atoms with E-state index in [1.165, 1.54) is 75.7 Å². The lowest BCUT2D eigenvalue weighted by Gasteiger charge is -2.24. The van der Waals surface area contributed by atoms with Gasteiger partial charge in [-0.25, -0.2) is 9.97 Å². The molecule has 0 atom stereocenters. The Kier molecular flexibility index (Phi) is 6.86. The summed E-state index contributed by atoms with van der Waals surface area (Å²) in [4.78, 5) is 13.1. The van der Waals surface area contributed by atoms with Crippen LogP contribution in [0.3, 0.4) is 0 Å². The van der Waals surface area contributed by atoms with E-state index in [1.54, 1.807) is 0 Å². The fourth-order valence-electron chi connectivity index (χ4n) is 8.82. The molecule has 0 spiro atoms. The lowest BCUT2D eigenvalue weighted by Crippen LogP contribution is -2.02.